The first-order valence-electron chi connectivity index (χ1n) is 9.04. The summed E-state index contributed by atoms with van der Waals surface area (Å²) in [4.78, 5) is 31.3. The second kappa shape index (κ2) is 8.98. The molecule has 0 saturated carbocycles. The second-order valence-electron chi connectivity index (χ2n) is 6.32. The van der Waals surface area contributed by atoms with Gasteiger partial charge in [0.2, 0.25) is 0 Å². The van der Waals surface area contributed by atoms with Crippen LogP contribution in [0.25, 0.3) is 5.57 Å². The molecule has 6 heteroatoms. The molecule has 0 bridgehead atoms. The number of pyridine rings is 1. The zero-order valence-corrected chi connectivity index (χ0v) is 15.4. The van der Waals surface area contributed by atoms with Crippen molar-refractivity contribution >= 4 is 17.4 Å². The Labute approximate surface area is 158 Å². The van der Waals surface area contributed by atoms with Gasteiger partial charge in [0.15, 0.2) is 0 Å². The van der Waals surface area contributed by atoms with Gasteiger partial charge in [-0.2, -0.15) is 0 Å². The van der Waals surface area contributed by atoms with E-state index < -0.39 is 0 Å². The Morgan fingerprint density at radius 2 is 1.78 bits per heavy atom. The SMILES string of the molecule is COc1ccccc1C(=CNC(=O)c1ccncc1)C(=O)N1CCCCC1. The van der Waals surface area contributed by atoms with Gasteiger partial charge in [-0.15, -0.1) is 0 Å². The number of carbonyl (C=O) groups excluding carboxylic acids is 2. The standard InChI is InChI=1S/C21H23N3O3/c1-27-19-8-4-3-7-17(19)18(21(26)24-13-5-2-6-14-24)15-23-20(25)16-9-11-22-12-10-16/h3-4,7-12,15H,2,5-6,13-14H2,1H3,(H,23,25). The Balaban J connectivity index is 1.91. The summed E-state index contributed by atoms with van der Waals surface area (Å²) in [5.41, 5.74) is 1.55. The second-order valence-corrected chi connectivity index (χ2v) is 6.32. The Hall–Kier alpha value is -3.15. The molecule has 0 spiro atoms. The van der Waals surface area contributed by atoms with Crippen molar-refractivity contribution in [2.24, 2.45) is 0 Å². The fourth-order valence-corrected chi connectivity index (χ4v) is 3.11. The van der Waals surface area contributed by atoms with E-state index in [4.69, 9.17) is 4.74 Å². The van der Waals surface area contributed by atoms with Crippen LogP contribution in [-0.2, 0) is 4.79 Å². The third-order valence-corrected chi connectivity index (χ3v) is 4.56. The van der Waals surface area contributed by atoms with Crippen molar-refractivity contribution in [1.29, 1.82) is 0 Å². The molecule has 2 heterocycles. The van der Waals surface area contributed by atoms with Crippen LogP contribution in [-0.4, -0.2) is 41.9 Å². The molecular weight excluding hydrogens is 342 g/mol. The zero-order valence-electron chi connectivity index (χ0n) is 15.4. The summed E-state index contributed by atoms with van der Waals surface area (Å²) in [6, 6.07) is 10.6. The van der Waals surface area contributed by atoms with Gasteiger partial charge in [-0.05, 0) is 37.5 Å². The molecule has 1 aromatic carbocycles. The van der Waals surface area contributed by atoms with Gasteiger partial charge in [0.05, 0.1) is 12.7 Å². The van der Waals surface area contributed by atoms with Crippen LogP contribution < -0.4 is 10.1 Å². The van der Waals surface area contributed by atoms with Crippen LogP contribution in [0, 0.1) is 0 Å². The normalized spacial score (nSPS) is 14.6. The van der Waals surface area contributed by atoms with E-state index in [0.717, 1.165) is 32.4 Å². The number of likely N-dealkylation sites (tertiary alicyclic amines) is 1. The van der Waals surface area contributed by atoms with Gasteiger partial charge in [0, 0.05) is 42.8 Å². The lowest BCUT2D eigenvalue weighted by molar-refractivity contribution is -0.125. The number of hydrogen-bond acceptors (Lipinski definition) is 4. The molecule has 3 rings (SSSR count). The Morgan fingerprint density at radius 1 is 1.07 bits per heavy atom. The van der Waals surface area contributed by atoms with E-state index in [9.17, 15) is 9.59 Å². The Morgan fingerprint density at radius 3 is 2.48 bits per heavy atom. The number of nitrogens with zero attached hydrogens (tertiary/aromatic N) is 2. The number of amides is 2. The lowest BCUT2D eigenvalue weighted by Gasteiger charge is -2.28. The van der Waals surface area contributed by atoms with Crippen LogP contribution in [0.2, 0.25) is 0 Å². The van der Waals surface area contributed by atoms with Crippen molar-refractivity contribution in [2.45, 2.75) is 19.3 Å². The average Bonchev–Trinajstić information content (AvgIpc) is 2.75. The lowest BCUT2D eigenvalue weighted by Crippen LogP contribution is -2.36. The number of aromatic nitrogens is 1. The molecule has 1 aliphatic rings. The summed E-state index contributed by atoms with van der Waals surface area (Å²) >= 11 is 0. The number of benzene rings is 1. The number of nitrogens with one attached hydrogen (secondary N) is 1. The maximum Gasteiger partial charge on any atom is 0.256 e. The number of para-hydroxylation sites is 1. The molecule has 1 saturated heterocycles. The summed E-state index contributed by atoms with van der Waals surface area (Å²) < 4.78 is 5.42. The number of carbonyl (C=O) groups is 2. The summed E-state index contributed by atoms with van der Waals surface area (Å²) in [7, 11) is 1.57. The van der Waals surface area contributed by atoms with Crippen LogP contribution >= 0.6 is 0 Å². The van der Waals surface area contributed by atoms with Gasteiger partial charge in [0.25, 0.3) is 11.8 Å². The zero-order chi connectivity index (χ0) is 19.1. The minimum atomic E-state index is -0.295. The summed E-state index contributed by atoms with van der Waals surface area (Å²) in [5, 5.41) is 2.74. The summed E-state index contributed by atoms with van der Waals surface area (Å²) in [6.07, 6.45) is 7.72. The van der Waals surface area contributed by atoms with Crippen LogP contribution in [0.1, 0.15) is 35.2 Å². The van der Waals surface area contributed by atoms with Crippen molar-refractivity contribution in [3.05, 3.63) is 66.1 Å². The Kier molecular flexibility index (Phi) is 6.20. The van der Waals surface area contributed by atoms with Crippen molar-refractivity contribution < 1.29 is 14.3 Å². The molecule has 2 amide bonds. The lowest BCUT2D eigenvalue weighted by atomic mass is 10.0. The summed E-state index contributed by atoms with van der Waals surface area (Å²) in [5.74, 6) is 0.192. The van der Waals surface area contributed by atoms with Crippen LogP contribution in [0.4, 0.5) is 0 Å². The fourth-order valence-electron chi connectivity index (χ4n) is 3.11. The average molecular weight is 365 g/mol. The van der Waals surface area contributed by atoms with Gasteiger partial charge in [-0.1, -0.05) is 18.2 Å². The first-order chi connectivity index (χ1) is 13.2. The van der Waals surface area contributed by atoms with Crippen molar-refractivity contribution in [2.75, 3.05) is 20.2 Å². The van der Waals surface area contributed by atoms with E-state index >= 15 is 0 Å². The molecule has 1 aromatic heterocycles. The van der Waals surface area contributed by atoms with Gasteiger partial charge in [-0.25, -0.2) is 0 Å². The van der Waals surface area contributed by atoms with E-state index in [1.165, 1.54) is 6.20 Å². The minimum Gasteiger partial charge on any atom is -0.496 e. The highest BCUT2D eigenvalue weighted by Crippen LogP contribution is 2.28. The number of methoxy groups -OCH3 is 1. The highest BCUT2D eigenvalue weighted by molar-refractivity contribution is 6.20. The van der Waals surface area contributed by atoms with Crippen LogP contribution in [0.3, 0.4) is 0 Å². The Bertz CT molecular complexity index is 828. The highest BCUT2D eigenvalue weighted by Gasteiger charge is 2.23. The quantitative estimate of drug-likeness (QED) is 0.827. The maximum absolute atomic E-state index is 13.2. The number of ether oxygens (including phenoxy) is 1. The van der Waals surface area contributed by atoms with Gasteiger partial charge in [-0.3, -0.25) is 14.6 Å². The molecule has 0 radical (unpaired) electrons. The predicted molar refractivity (Wildman–Crippen MR) is 103 cm³/mol. The first kappa shape index (κ1) is 18.6. The summed E-state index contributed by atoms with van der Waals surface area (Å²) in [6.45, 7) is 1.45. The van der Waals surface area contributed by atoms with Crippen LogP contribution in [0.5, 0.6) is 5.75 Å². The van der Waals surface area contributed by atoms with Gasteiger partial charge >= 0.3 is 0 Å². The third kappa shape index (κ3) is 4.53. The van der Waals surface area contributed by atoms with Crippen LogP contribution in [0.15, 0.2) is 55.0 Å². The van der Waals surface area contributed by atoms with Gasteiger partial charge in [0.1, 0.15) is 5.75 Å². The van der Waals surface area contributed by atoms with E-state index in [-0.39, 0.29) is 11.8 Å². The number of rotatable bonds is 5. The van der Waals surface area contributed by atoms with E-state index in [1.807, 2.05) is 23.1 Å². The van der Waals surface area contributed by atoms with E-state index in [1.54, 1.807) is 37.7 Å². The van der Waals surface area contributed by atoms with E-state index in [0.29, 0.717) is 22.4 Å². The number of hydrogen-bond donors (Lipinski definition) is 1. The molecule has 140 valence electrons. The molecule has 27 heavy (non-hydrogen) atoms. The molecule has 0 unspecified atom stereocenters. The smallest absolute Gasteiger partial charge is 0.256 e. The maximum atomic E-state index is 13.2. The molecule has 0 aliphatic carbocycles. The third-order valence-electron chi connectivity index (χ3n) is 4.56. The predicted octanol–water partition coefficient (Wildman–Crippen LogP) is 2.87. The van der Waals surface area contributed by atoms with Crippen molar-refractivity contribution in [1.82, 2.24) is 15.2 Å². The molecule has 1 aliphatic heterocycles. The molecule has 6 nitrogen and oxygen atoms in total. The first-order valence-corrected chi connectivity index (χ1v) is 9.04. The highest BCUT2D eigenvalue weighted by atomic mass is 16.5. The number of piperidine rings is 1. The van der Waals surface area contributed by atoms with Crippen molar-refractivity contribution in [3.8, 4) is 5.75 Å². The molecule has 0 atom stereocenters. The monoisotopic (exact) mass is 365 g/mol. The van der Waals surface area contributed by atoms with E-state index in [2.05, 4.69) is 10.3 Å². The van der Waals surface area contributed by atoms with Crippen molar-refractivity contribution in [3.63, 3.8) is 0 Å². The largest absolute Gasteiger partial charge is 0.496 e. The minimum absolute atomic E-state index is 0.103. The molecule has 2 aromatic rings. The van der Waals surface area contributed by atoms with Gasteiger partial charge < -0.3 is 15.0 Å². The fraction of sp³-hybridized carbons (Fsp3) is 0.286. The molecule has 1 N–H and O–H groups in total. The molecular formula is C21H23N3O3. The topological polar surface area (TPSA) is 71.5 Å². The molecule has 1 fully saturated rings.